The zero-order valence-corrected chi connectivity index (χ0v) is 14.3. The molecule has 7 nitrogen and oxygen atoms in total. The van der Waals surface area contributed by atoms with Crippen molar-refractivity contribution in [1.29, 1.82) is 0 Å². The molecule has 25 heavy (non-hydrogen) atoms. The number of aliphatic hydroxyl groups is 1. The minimum atomic E-state index is -0.0391. The van der Waals surface area contributed by atoms with Crippen LogP contribution in [0, 0.1) is 0 Å². The SMILES string of the molecule is COc1cccc(-c2nc(N3CCOCC3)nc(O)c2CCCO)c1. The number of hydrogen-bond acceptors (Lipinski definition) is 7. The minimum Gasteiger partial charge on any atom is -0.497 e. The molecule has 1 aliphatic rings. The molecular weight excluding hydrogens is 322 g/mol. The van der Waals surface area contributed by atoms with Crippen LogP contribution in [0.15, 0.2) is 24.3 Å². The molecule has 0 unspecified atom stereocenters. The highest BCUT2D eigenvalue weighted by molar-refractivity contribution is 5.68. The van der Waals surface area contributed by atoms with Crippen LogP contribution in [0.2, 0.25) is 0 Å². The lowest BCUT2D eigenvalue weighted by Crippen LogP contribution is -2.37. The number of aromatic nitrogens is 2. The molecule has 134 valence electrons. The van der Waals surface area contributed by atoms with Gasteiger partial charge < -0.3 is 24.6 Å². The van der Waals surface area contributed by atoms with E-state index in [9.17, 15) is 5.11 Å². The number of morpholine rings is 1. The summed E-state index contributed by atoms with van der Waals surface area (Å²) in [4.78, 5) is 11.0. The molecule has 1 aromatic heterocycles. The average molecular weight is 345 g/mol. The van der Waals surface area contributed by atoms with E-state index in [2.05, 4.69) is 4.98 Å². The fourth-order valence-electron chi connectivity index (χ4n) is 2.86. The number of aromatic hydroxyl groups is 1. The minimum absolute atomic E-state index is 0.0391. The summed E-state index contributed by atoms with van der Waals surface area (Å²) in [6, 6.07) is 7.56. The molecule has 3 rings (SSSR count). The first-order valence-electron chi connectivity index (χ1n) is 8.40. The molecule has 7 heteroatoms. The summed E-state index contributed by atoms with van der Waals surface area (Å²) in [5.74, 6) is 1.17. The van der Waals surface area contributed by atoms with E-state index in [4.69, 9.17) is 19.6 Å². The maximum atomic E-state index is 10.5. The Bertz CT molecular complexity index is 717. The Balaban J connectivity index is 2.05. The molecule has 0 radical (unpaired) electrons. The molecule has 0 bridgehead atoms. The van der Waals surface area contributed by atoms with Crippen LogP contribution in [0.4, 0.5) is 5.95 Å². The van der Waals surface area contributed by atoms with Gasteiger partial charge in [-0.05, 0) is 25.0 Å². The molecular formula is C18H23N3O4. The van der Waals surface area contributed by atoms with Gasteiger partial charge in [-0.2, -0.15) is 4.98 Å². The number of aliphatic hydroxyl groups excluding tert-OH is 1. The summed E-state index contributed by atoms with van der Waals surface area (Å²) >= 11 is 0. The van der Waals surface area contributed by atoms with E-state index < -0.39 is 0 Å². The monoisotopic (exact) mass is 345 g/mol. The molecule has 2 N–H and O–H groups in total. The van der Waals surface area contributed by atoms with Crippen LogP contribution in [0.3, 0.4) is 0 Å². The van der Waals surface area contributed by atoms with Crippen LogP contribution in [-0.4, -0.2) is 60.2 Å². The van der Waals surface area contributed by atoms with Crippen molar-refractivity contribution in [2.45, 2.75) is 12.8 Å². The molecule has 1 aromatic carbocycles. The zero-order valence-electron chi connectivity index (χ0n) is 14.3. The molecule has 2 heterocycles. The highest BCUT2D eigenvalue weighted by atomic mass is 16.5. The first-order chi connectivity index (χ1) is 12.2. The molecule has 0 spiro atoms. The third-order valence-electron chi connectivity index (χ3n) is 4.20. The van der Waals surface area contributed by atoms with E-state index in [1.807, 2.05) is 29.2 Å². The normalized spacial score (nSPS) is 14.6. The number of hydrogen-bond donors (Lipinski definition) is 2. The Morgan fingerprint density at radius 3 is 2.76 bits per heavy atom. The number of nitrogens with zero attached hydrogens (tertiary/aromatic N) is 3. The molecule has 1 aliphatic heterocycles. The predicted molar refractivity (Wildman–Crippen MR) is 94.1 cm³/mol. The molecule has 0 aliphatic carbocycles. The summed E-state index contributed by atoms with van der Waals surface area (Å²) in [5, 5.41) is 19.7. The van der Waals surface area contributed by atoms with Crippen LogP contribution in [0.5, 0.6) is 11.6 Å². The first-order valence-corrected chi connectivity index (χ1v) is 8.40. The zero-order chi connectivity index (χ0) is 17.6. The number of benzene rings is 1. The Morgan fingerprint density at radius 2 is 2.04 bits per heavy atom. The maximum Gasteiger partial charge on any atom is 0.229 e. The van der Waals surface area contributed by atoms with E-state index in [1.165, 1.54) is 0 Å². The van der Waals surface area contributed by atoms with Gasteiger partial charge in [0.1, 0.15) is 5.75 Å². The van der Waals surface area contributed by atoms with Crippen molar-refractivity contribution in [1.82, 2.24) is 9.97 Å². The fraction of sp³-hybridized carbons (Fsp3) is 0.444. The summed E-state index contributed by atoms with van der Waals surface area (Å²) in [5.41, 5.74) is 2.15. The van der Waals surface area contributed by atoms with Gasteiger partial charge in [0.25, 0.3) is 0 Å². The summed E-state index contributed by atoms with van der Waals surface area (Å²) in [7, 11) is 1.61. The van der Waals surface area contributed by atoms with Gasteiger partial charge in [-0.25, -0.2) is 4.98 Å². The van der Waals surface area contributed by atoms with E-state index in [1.54, 1.807) is 7.11 Å². The third kappa shape index (κ3) is 4.00. The van der Waals surface area contributed by atoms with Gasteiger partial charge in [-0.1, -0.05) is 12.1 Å². The number of methoxy groups -OCH3 is 1. The van der Waals surface area contributed by atoms with Crippen molar-refractivity contribution in [2.24, 2.45) is 0 Å². The van der Waals surface area contributed by atoms with E-state index in [0.717, 1.165) is 11.3 Å². The second-order valence-corrected chi connectivity index (χ2v) is 5.83. The molecule has 0 atom stereocenters. The van der Waals surface area contributed by atoms with Gasteiger partial charge in [-0.3, -0.25) is 0 Å². The number of anilines is 1. The van der Waals surface area contributed by atoms with Crippen LogP contribution < -0.4 is 9.64 Å². The lowest BCUT2D eigenvalue weighted by atomic mass is 10.0. The van der Waals surface area contributed by atoms with E-state index in [0.29, 0.717) is 56.4 Å². The summed E-state index contributed by atoms with van der Waals surface area (Å²) < 4.78 is 10.7. The largest absolute Gasteiger partial charge is 0.497 e. The van der Waals surface area contributed by atoms with Gasteiger partial charge in [0, 0.05) is 30.8 Å². The van der Waals surface area contributed by atoms with E-state index in [-0.39, 0.29) is 12.5 Å². The van der Waals surface area contributed by atoms with Gasteiger partial charge in [-0.15, -0.1) is 0 Å². The van der Waals surface area contributed by atoms with Gasteiger partial charge in [0.2, 0.25) is 11.8 Å². The Morgan fingerprint density at radius 1 is 1.24 bits per heavy atom. The smallest absolute Gasteiger partial charge is 0.229 e. The van der Waals surface area contributed by atoms with Crippen molar-refractivity contribution in [3.63, 3.8) is 0 Å². The van der Waals surface area contributed by atoms with Crippen LogP contribution >= 0.6 is 0 Å². The van der Waals surface area contributed by atoms with Crippen molar-refractivity contribution in [3.05, 3.63) is 29.8 Å². The van der Waals surface area contributed by atoms with Gasteiger partial charge >= 0.3 is 0 Å². The number of rotatable bonds is 6. The lowest BCUT2D eigenvalue weighted by molar-refractivity contribution is 0.122. The Kier molecular flexibility index (Phi) is 5.67. The maximum absolute atomic E-state index is 10.5. The molecule has 0 amide bonds. The quantitative estimate of drug-likeness (QED) is 0.822. The molecule has 0 saturated carbocycles. The van der Waals surface area contributed by atoms with E-state index >= 15 is 0 Å². The molecule has 2 aromatic rings. The van der Waals surface area contributed by atoms with Crippen LogP contribution in [0.1, 0.15) is 12.0 Å². The molecule has 1 fully saturated rings. The topological polar surface area (TPSA) is 87.9 Å². The van der Waals surface area contributed by atoms with Crippen molar-refractivity contribution < 1.29 is 19.7 Å². The average Bonchev–Trinajstić information content (AvgIpc) is 2.67. The van der Waals surface area contributed by atoms with Crippen molar-refractivity contribution in [3.8, 4) is 22.9 Å². The fourth-order valence-corrected chi connectivity index (χ4v) is 2.86. The van der Waals surface area contributed by atoms with Crippen LogP contribution in [0.25, 0.3) is 11.3 Å². The second kappa shape index (κ2) is 8.13. The predicted octanol–water partition coefficient (Wildman–Crippen LogP) is 1.62. The summed E-state index contributed by atoms with van der Waals surface area (Å²) in [6.45, 7) is 2.65. The van der Waals surface area contributed by atoms with Crippen LogP contribution in [-0.2, 0) is 11.2 Å². The Hall–Kier alpha value is -2.38. The van der Waals surface area contributed by atoms with Gasteiger partial charge in [0.05, 0.1) is 26.0 Å². The third-order valence-corrected chi connectivity index (χ3v) is 4.20. The van der Waals surface area contributed by atoms with Crippen molar-refractivity contribution in [2.75, 3.05) is 44.9 Å². The molecule has 1 saturated heterocycles. The highest BCUT2D eigenvalue weighted by Gasteiger charge is 2.20. The summed E-state index contributed by atoms with van der Waals surface area (Å²) in [6.07, 6.45) is 1.03. The van der Waals surface area contributed by atoms with Gasteiger partial charge in [0.15, 0.2) is 0 Å². The number of ether oxygens (including phenoxy) is 2. The van der Waals surface area contributed by atoms with Crippen molar-refractivity contribution >= 4 is 5.95 Å². The first kappa shape index (κ1) is 17.4. The highest BCUT2D eigenvalue weighted by Crippen LogP contribution is 2.32. The Labute approximate surface area is 146 Å². The standard InChI is InChI=1S/C18H23N3O4/c1-24-14-5-2-4-13(12-14)16-15(6-3-9-22)17(23)20-18(19-16)21-7-10-25-11-8-21/h2,4-5,12,22H,3,6-11H2,1H3,(H,19,20,23). The second-order valence-electron chi connectivity index (χ2n) is 5.83. The lowest BCUT2D eigenvalue weighted by Gasteiger charge is -2.27.